The molecule has 9 nitrogen and oxygen atoms in total. The van der Waals surface area contributed by atoms with Gasteiger partial charge in [0.05, 0.1) is 52.8 Å². The van der Waals surface area contributed by atoms with Crippen LogP contribution in [0.5, 0.6) is 17.2 Å². The van der Waals surface area contributed by atoms with Crippen molar-refractivity contribution in [3.05, 3.63) is 54.4 Å². The van der Waals surface area contributed by atoms with Gasteiger partial charge in [-0.2, -0.15) is 5.10 Å². The molecule has 1 aromatic heterocycles. The SMILES string of the molecule is CCCCCOc1cc(N2CCCN(Cc3cc(-c4cnn(C5COC5)c4)ccc3OC)C2=O)ccc1OC. The first kappa shape index (κ1) is 26.9. The monoisotopic (exact) mass is 534 g/mol. The maximum absolute atomic E-state index is 13.7. The first-order valence-corrected chi connectivity index (χ1v) is 13.8. The molecule has 2 aromatic carbocycles. The number of ether oxygens (including phenoxy) is 4. The molecule has 5 rings (SSSR count). The number of carbonyl (C=O) groups is 1. The van der Waals surface area contributed by atoms with Crippen LogP contribution in [0.25, 0.3) is 11.1 Å². The average Bonchev–Trinajstić information content (AvgIpc) is 3.40. The molecule has 2 fully saturated rings. The molecule has 9 heteroatoms. The van der Waals surface area contributed by atoms with Crippen molar-refractivity contribution in [2.45, 2.75) is 45.2 Å². The third kappa shape index (κ3) is 5.98. The number of hydrogen-bond donors (Lipinski definition) is 0. The highest BCUT2D eigenvalue weighted by atomic mass is 16.5. The van der Waals surface area contributed by atoms with Crippen LogP contribution in [-0.4, -0.2) is 67.8 Å². The van der Waals surface area contributed by atoms with Crippen molar-refractivity contribution in [3.8, 4) is 28.4 Å². The molecule has 0 spiro atoms. The number of unbranched alkanes of at least 4 members (excludes halogenated alkanes) is 2. The molecule has 0 atom stereocenters. The standard InChI is InChI=1S/C30H38N4O5/c1-4-5-6-14-39-29-16-25(9-11-28(29)37-3)33-13-7-12-32(30(33)35)18-23-15-22(8-10-27(23)36-2)24-17-31-34(19-24)26-20-38-21-26/h8-11,15-17,19,26H,4-7,12-14,18,20-21H2,1-3H3. The average molecular weight is 535 g/mol. The number of carbonyl (C=O) groups excluding carboxylic acids is 1. The predicted octanol–water partition coefficient (Wildman–Crippen LogP) is 5.54. The number of urea groups is 1. The van der Waals surface area contributed by atoms with Crippen molar-refractivity contribution < 1.29 is 23.7 Å². The lowest BCUT2D eigenvalue weighted by Gasteiger charge is -2.36. The first-order chi connectivity index (χ1) is 19.1. The molecule has 0 radical (unpaired) electrons. The van der Waals surface area contributed by atoms with Crippen molar-refractivity contribution in [2.24, 2.45) is 0 Å². The van der Waals surface area contributed by atoms with Gasteiger partial charge in [-0.1, -0.05) is 25.8 Å². The molecule has 3 heterocycles. The number of nitrogens with zero attached hydrogens (tertiary/aromatic N) is 4. The molecule has 0 saturated carbocycles. The Balaban J connectivity index is 1.33. The van der Waals surface area contributed by atoms with Crippen LogP contribution in [-0.2, 0) is 11.3 Å². The molecule has 0 N–H and O–H groups in total. The highest BCUT2D eigenvalue weighted by molar-refractivity contribution is 5.93. The van der Waals surface area contributed by atoms with E-state index in [4.69, 9.17) is 18.9 Å². The third-order valence-corrected chi connectivity index (χ3v) is 7.35. The van der Waals surface area contributed by atoms with Crippen LogP contribution >= 0.6 is 0 Å². The van der Waals surface area contributed by atoms with Gasteiger partial charge in [-0.3, -0.25) is 9.58 Å². The number of hydrogen-bond acceptors (Lipinski definition) is 6. The zero-order valence-corrected chi connectivity index (χ0v) is 23.1. The minimum atomic E-state index is -0.0337. The maximum Gasteiger partial charge on any atom is 0.324 e. The normalized spacial score (nSPS) is 15.8. The lowest BCUT2D eigenvalue weighted by molar-refractivity contribution is -0.0286. The summed E-state index contributed by atoms with van der Waals surface area (Å²) in [6.07, 6.45) is 8.02. The minimum absolute atomic E-state index is 0.0337. The molecule has 208 valence electrons. The van der Waals surface area contributed by atoms with Crippen LogP contribution in [0, 0.1) is 0 Å². The number of aromatic nitrogens is 2. The second kappa shape index (κ2) is 12.4. The molecule has 2 amide bonds. The van der Waals surface area contributed by atoms with E-state index in [2.05, 4.69) is 24.3 Å². The van der Waals surface area contributed by atoms with Crippen molar-refractivity contribution in [2.75, 3.05) is 52.0 Å². The van der Waals surface area contributed by atoms with Gasteiger partial charge in [0.25, 0.3) is 0 Å². The summed E-state index contributed by atoms with van der Waals surface area (Å²) in [5.41, 5.74) is 3.84. The van der Waals surface area contributed by atoms with Crippen LogP contribution in [0.1, 0.15) is 44.2 Å². The van der Waals surface area contributed by atoms with Gasteiger partial charge in [-0.15, -0.1) is 0 Å². The summed E-state index contributed by atoms with van der Waals surface area (Å²) in [5.74, 6) is 2.10. The Bertz CT molecular complexity index is 1270. The Labute approximate surface area is 230 Å². The number of rotatable bonds is 12. The van der Waals surface area contributed by atoms with Gasteiger partial charge in [-0.05, 0) is 42.7 Å². The van der Waals surface area contributed by atoms with Crippen LogP contribution in [0.3, 0.4) is 0 Å². The number of benzene rings is 2. The Morgan fingerprint density at radius 1 is 0.974 bits per heavy atom. The third-order valence-electron chi connectivity index (χ3n) is 7.35. The highest BCUT2D eigenvalue weighted by Gasteiger charge is 2.28. The number of amides is 2. The smallest absolute Gasteiger partial charge is 0.324 e. The zero-order chi connectivity index (χ0) is 27.2. The summed E-state index contributed by atoms with van der Waals surface area (Å²) in [4.78, 5) is 17.4. The molecule has 2 saturated heterocycles. The Hall–Kier alpha value is -3.72. The second-order valence-electron chi connectivity index (χ2n) is 10.0. The summed E-state index contributed by atoms with van der Waals surface area (Å²) in [6.45, 7) is 5.97. The fraction of sp³-hybridized carbons (Fsp3) is 0.467. The molecular weight excluding hydrogens is 496 g/mol. The van der Waals surface area contributed by atoms with Gasteiger partial charge in [0.2, 0.25) is 0 Å². The summed E-state index contributed by atoms with van der Waals surface area (Å²) >= 11 is 0. The topological polar surface area (TPSA) is 78.3 Å². The first-order valence-electron chi connectivity index (χ1n) is 13.8. The number of anilines is 1. The van der Waals surface area contributed by atoms with Gasteiger partial charge in [0, 0.05) is 42.2 Å². The van der Waals surface area contributed by atoms with Crippen molar-refractivity contribution in [3.63, 3.8) is 0 Å². The molecule has 3 aromatic rings. The highest BCUT2D eigenvalue weighted by Crippen LogP contribution is 2.34. The molecule has 2 aliphatic rings. The van der Waals surface area contributed by atoms with Crippen molar-refractivity contribution in [1.82, 2.24) is 14.7 Å². The summed E-state index contributed by atoms with van der Waals surface area (Å²) in [5, 5.41) is 4.52. The zero-order valence-electron chi connectivity index (χ0n) is 23.1. The van der Waals surface area contributed by atoms with E-state index in [1.165, 1.54) is 0 Å². The molecular formula is C30H38N4O5. The molecule has 39 heavy (non-hydrogen) atoms. The Morgan fingerprint density at radius 3 is 2.54 bits per heavy atom. The van der Waals surface area contributed by atoms with E-state index in [1.807, 2.05) is 51.0 Å². The van der Waals surface area contributed by atoms with Crippen molar-refractivity contribution >= 4 is 11.7 Å². The Kier molecular flexibility index (Phi) is 8.56. The summed E-state index contributed by atoms with van der Waals surface area (Å²) in [7, 11) is 3.30. The fourth-order valence-electron chi connectivity index (χ4n) is 5.00. The number of methoxy groups -OCH3 is 2. The van der Waals surface area contributed by atoms with E-state index in [9.17, 15) is 4.79 Å². The Morgan fingerprint density at radius 2 is 1.79 bits per heavy atom. The van der Waals surface area contributed by atoms with Crippen LogP contribution in [0.2, 0.25) is 0 Å². The molecule has 0 aliphatic carbocycles. The summed E-state index contributed by atoms with van der Waals surface area (Å²) in [6, 6.07) is 12.1. The quantitative estimate of drug-likeness (QED) is 0.284. The van der Waals surface area contributed by atoms with Gasteiger partial charge >= 0.3 is 6.03 Å². The lowest BCUT2D eigenvalue weighted by Crippen LogP contribution is -2.49. The molecule has 0 bridgehead atoms. The van der Waals surface area contributed by atoms with E-state index in [0.717, 1.165) is 53.8 Å². The predicted molar refractivity (Wildman–Crippen MR) is 150 cm³/mol. The van der Waals surface area contributed by atoms with Gasteiger partial charge in [0.1, 0.15) is 5.75 Å². The van der Waals surface area contributed by atoms with Crippen LogP contribution in [0.15, 0.2) is 48.8 Å². The second-order valence-corrected chi connectivity index (χ2v) is 10.0. The fourth-order valence-corrected chi connectivity index (χ4v) is 5.00. The van der Waals surface area contributed by atoms with Crippen LogP contribution < -0.4 is 19.1 Å². The van der Waals surface area contributed by atoms with E-state index in [-0.39, 0.29) is 6.03 Å². The maximum atomic E-state index is 13.7. The molecule has 0 unspecified atom stereocenters. The summed E-state index contributed by atoms with van der Waals surface area (Å²) < 4.78 is 24.5. The van der Waals surface area contributed by atoms with E-state index >= 15 is 0 Å². The lowest BCUT2D eigenvalue weighted by atomic mass is 10.0. The minimum Gasteiger partial charge on any atom is -0.496 e. The van der Waals surface area contributed by atoms with E-state index in [1.54, 1.807) is 14.2 Å². The van der Waals surface area contributed by atoms with E-state index < -0.39 is 0 Å². The van der Waals surface area contributed by atoms with E-state index in [0.29, 0.717) is 57.0 Å². The van der Waals surface area contributed by atoms with Crippen LogP contribution in [0.4, 0.5) is 10.5 Å². The van der Waals surface area contributed by atoms with Gasteiger partial charge in [0.15, 0.2) is 11.5 Å². The van der Waals surface area contributed by atoms with Gasteiger partial charge < -0.3 is 23.8 Å². The molecule has 2 aliphatic heterocycles. The van der Waals surface area contributed by atoms with Gasteiger partial charge in [-0.25, -0.2) is 4.79 Å². The largest absolute Gasteiger partial charge is 0.496 e. The van der Waals surface area contributed by atoms with Crippen molar-refractivity contribution in [1.29, 1.82) is 0 Å².